The number of amides is 2. The maximum atomic E-state index is 12.4. The van der Waals surface area contributed by atoms with Crippen LogP contribution in [0.2, 0.25) is 0 Å². The fraction of sp³-hybridized carbons (Fsp3) is 0.857. The van der Waals surface area contributed by atoms with Gasteiger partial charge in [0, 0.05) is 32.8 Å². The van der Waals surface area contributed by atoms with Crippen LogP contribution in [0.25, 0.3) is 0 Å². The molecule has 1 aliphatic heterocycles. The zero-order valence-electron chi connectivity index (χ0n) is 12.8. The van der Waals surface area contributed by atoms with E-state index in [1.54, 1.807) is 11.8 Å². The van der Waals surface area contributed by atoms with E-state index in [4.69, 9.17) is 10.5 Å². The largest absolute Gasteiger partial charge is 0.381 e. The lowest BCUT2D eigenvalue weighted by atomic mass is 9.79. The molecular weight excluding hydrogens is 258 g/mol. The maximum absolute atomic E-state index is 12.4. The fourth-order valence-electron chi connectivity index (χ4n) is 2.51. The predicted molar refractivity (Wildman–Crippen MR) is 77.1 cm³/mol. The zero-order chi connectivity index (χ0) is 15.2. The van der Waals surface area contributed by atoms with E-state index in [0.29, 0.717) is 39.1 Å². The first-order chi connectivity index (χ1) is 9.50. The van der Waals surface area contributed by atoms with Crippen LogP contribution in [0.4, 0.5) is 0 Å². The Labute approximate surface area is 121 Å². The van der Waals surface area contributed by atoms with Gasteiger partial charge in [0.05, 0.1) is 5.41 Å². The number of likely N-dealkylation sites (N-methyl/N-ethyl adjacent to an activating group) is 1. The highest BCUT2D eigenvalue weighted by atomic mass is 16.5. The average Bonchev–Trinajstić information content (AvgIpc) is 2.48. The monoisotopic (exact) mass is 285 g/mol. The molecule has 1 atom stereocenters. The van der Waals surface area contributed by atoms with E-state index in [0.717, 1.165) is 0 Å². The van der Waals surface area contributed by atoms with Crippen molar-refractivity contribution in [1.82, 2.24) is 10.2 Å². The number of nitrogens with two attached hydrogens (primary N) is 1. The molecule has 1 fully saturated rings. The van der Waals surface area contributed by atoms with Gasteiger partial charge < -0.3 is 20.7 Å². The summed E-state index contributed by atoms with van der Waals surface area (Å²) < 4.78 is 5.29. The number of carbonyl (C=O) groups excluding carboxylic acids is 2. The van der Waals surface area contributed by atoms with Crippen molar-refractivity contribution in [1.29, 1.82) is 0 Å². The van der Waals surface area contributed by atoms with Gasteiger partial charge in [0.25, 0.3) is 0 Å². The Balaban J connectivity index is 2.66. The smallest absolute Gasteiger partial charge is 0.244 e. The van der Waals surface area contributed by atoms with Crippen LogP contribution >= 0.6 is 0 Å². The molecule has 116 valence electrons. The predicted octanol–water partition coefficient (Wildman–Crippen LogP) is 0.115. The van der Waals surface area contributed by atoms with Crippen LogP contribution in [0.5, 0.6) is 0 Å². The lowest BCUT2D eigenvalue weighted by molar-refractivity contribution is -0.141. The first-order valence-electron chi connectivity index (χ1n) is 7.38. The number of ether oxygens (including phenoxy) is 1. The molecule has 0 aliphatic carbocycles. The lowest BCUT2D eigenvalue weighted by Gasteiger charge is -2.35. The molecule has 0 saturated carbocycles. The number of hydrogen-bond acceptors (Lipinski definition) is 4. The minimum Gasteiger partial charge on any atom is -0.381 e. The van der Waals surface area contributed by atoms with Gasteiger partial charge >= 0.3 is 0 Å². The van der Waals surface area contributed by atoms with Crippen molar-refractivity contribution in [3.63, 3.8) is 0 Å². The summed E-state index contributed by atoms with van der Waals surface area (Å²) >= 11 is 0. The van der Waals surface area contributed by atoms with Gasteiger partial charge in [-0.3, -0.25) is 9.59 Å². The Kier molecular flexibility index (Phi) is 6.42. The second-order valence-corrected chi connectivity index (χ2v) is 5.30. The molecule has 6 nitrogen and oxygen atoms in total. The minimum absolute atomic E-state index is 0.0532. The van der Waals surface area contributed by atoms with Crippen LogP contribution in [0.1, 0.15) is 33.6 Å². The van der Waals surface area contributed by atoms with E-state index < -0.39 is 11.5 Å². The summed E-state index contributed by atoms with van der Waals surface area (Å²) in [6, 6.07) is -0.520. The molecule has 1 saturated heterocycles. The number of nitrogens with one attached hydrogen (secondary N) is 1. The molecule has 1 aliphatic rings. The van der Waals surface area contributed by atoms with Crippen molar-refractivity contribution in [2.24, 2.45) is 11.1 Å². The normalized spacial score (nSPS) is 19.2. The fourth-order valence-corrected chi connectivity index (χ4v) is 2.51. The Morgan fingerprint density at radius 1 is 1.30 bits per heavy atom. The number of nitrogens with zero attached hydrogens (tertiary/aromatic N) is 1. The molecule has 0 radical (unpaired) electrons. The molecule has 1 heterocycles. The highest BCUT2D eigenvalue weighted by Gasteiger charge is 2.39. The zero-order valence-corrected chi connectivity index (χ0v) is 12.8. The maximum Gasteiger partial charge on any atom is 0.244 e. The van der Waals surface area contributed by atoms with Gasteiger partial charge in [-0.05, 0) is 33.6 Å². The van der Waals surface area contributed by atoms with Gasteiger partial charge in [-0.2, -0.15) is 0 Å². The van der Waals surface area contributed by atoms with Crippen molar-refractivity contribution in [3.8, 4) is 0 Å². The van der Waals surface area contributed by atoms with E-state index in [1.807, 2.05) is 13.8 Å². The molecule has 0 aromatic carbocycles. The van der Waals surface area contributed by atoms with Crippen LogP contribution in [-0.4, -0.2) is 55.6 Å². The van der Waals surface area contributed by atoms with Crippen molar-refractivity contribution < 1.29 is 14.3 Å². The van der Waals surface area contributed by atoms with Gasteiger partial charge in [0.1, 0.15) is 6.04 Å². The third-order valence-electron chi connectivity index (χ3n) is 4.12. The summed E-state index contributed by atoms with van der Waals surface area (Å²) in [6.45, 7) is 8.24. The lowest BCUT2D eigenvalue weighted by Crippen LogP contribution is -2.54. The Hall–Kier alpha value is -1.14. The summed E-state index contributed by atoms with van der Waals surface area (Å²) in [7, 11) is 0. The standard InChI is InChI=1S/C14H27N3O3/c1-4-17(5-2)12(18)11(3)16-13(19)14(10-15)6-8-20-9-7-14/h11H,4-10,15H2,1-3H3,(H,16,19). The molecule has 2 amide bonds. The van der Waals surface area contributed by atoms with Gasteiger partial charge in [-0.1, -0.05) is 0 Å². The molecule has 3 N–H and O–H groups in total. The summed E-state index contributed by atoms with van der Waals surface area (Å²) in [4.78, 5) is 26.3. The quantitative estimate of drug-likeness (QED) is 0.725. The summed E-state index contributed by atoms with van der Waals surface area (Å²) in [5.41, 5.74) is 5.20. The molecule has 6 heteroatoms. The van der Waals surface area contributed by atoms with Crippen molar-refractivity contribution >= 4 is 11.8 Å². The van der Waals surface area contributed by atoms with E-state index in [-0.39, 0.29) is 18.4 Å². The number of hydrogen-bond donors (Lipinski definition) is 2. The Bertz CT molecular complexity index is 337. The molecule has 0 aromatic rings. The molecule has 20 heavy (non-hydrogen) atoms. The first-order valence-corrected chi connectivity index (χ1v) is 7.38. The third-order valence-corrected chi connectivity index (χ3v) is 4.12. The first kappa shape index (κ1) is 16.9. The summed E-state index contributed by atoms with van der Waals surface area (Å²) in [5.74, 6) is -0.182. The SMILES string of the molecule is CCN(CC)C(=O)C(C)NC(=O)C1(CN)CCOCC1. The van der Waals surface area contributed by atoms with E-state index in [1.165, 1.54) is 0 Å². The molecule has 0 spiro atoms. The van der Waals surface area contributed by atoms with Crippen LogP contribution in [0.15, 0.2) is 0 Å². The molecular formula is C14H27N3O3. The average molecular weight is 285 g/mol. The topological polar surface area (TPSA) is 84.7 Å². The highest BCUT2D eigenvalue weighted by molar-refractivity contribution is 5.90. The van der Waals surface area contributed by atoms with Crippen LogP contribution in [0, 0.1) is 5.41 Å². The van der Waals surface area contributed by atoms with E-state index in [2.05, 4.69) is 5.32 Å². The summed E-state index contributed by atoms with van der Waals surface area (Å²) in [6.07, 6.45) is 1.23. The third kappa shape index (κ3) is 3.70. The van der Waals surface area contributed by atoms with Crippen LogP contribution in [0.3, 0.4) is 0 Å². The highest BCUT2D eigenvalue weighted by Crippen LogP contribution is 2.29. The van der Waals surface area contributed by atoms with Crippen LogP contribution in [-0.2, 0) is 14.3 Å². The van der Waals surface area contributed by atoms with Gasteiger partial charge in [0.2, 0.25) is 11.8 Å². The summed E-state index contributed by atoms with van der Waals surface area (Å²) in [5, 5.41) is 2.82. The molecule has 0 aromatic heterocycles. The van der Waals surface area contributed by atoms with Crippen LogP contribution < -0.4 is 11.1 Å². The van der Waals surface area contributed by atoms with E-state index in [9.17, 15) is 9.59 Å². The van der Waals surface area contributed by atoms with Gasteiger partial charge in [0.15, 0.2) is 0 Å². The van der Waals surface area contributed by atoms with Crippen molar-refractivity contribution in [3.05, 3.63) is 0 Å². The van der Waals surface area contributed by atoms with Crippen molar-refractivity contribution in [2.75, 3.05) is 32.8 Å². The second-order valence-electron chi connectivity index (χ2n) is 5.30. The molecule has 1 rings (SSSR count). The van der Waals surface area contributed by atoms with E-state index >= 15 is 0 Å². The molecule has 1 unspecified atom stereocenters. The Morgan fingerprint density at radius 2 is 1.85 bits per heavy atom. The number of rotatable bonds is 6. The second kappa shape index (κ2) is 7.59. The van der Waals surface area contributed by atoms with Gasteiger partial charge in [-0.25, -0.2) is 0 Å². The minimum atomic E-state index is -0.587. The molecule has 0 bridgehead atoms. The van der Waals surface area contributed by atoms with Gasteiger partial charge in [-0.15, -0.1) is 0 Å². The number of carbonyl (C=O) groups is 2. The Morgan fingerprint density at radius 3 is 2.30 bits per heavy atom. The van der Waals surface area contributed by atoms with Crippen molar-refractivity contribution in [2.45, 2.75) is 39.7 Å².